The van der Waals surface area contributed by atoms with Crippen LogP contribution in [0.5, 0.6) is 0 Å². The van der Waals surface area contributed by atoms with Crippen LogP contribution in [0.1, 0.15) is 30.4 Å². The lowest BCUT2D eigenvalue weighted by atomic mass is 10.1. The smallest absolute Gasteiger partial charge is 0.227 e. The summed E-state index contributed by atoms with van der Waals surface area (Å²) in [5.74, 6) is 1.25. The molecule has 0 saturated carbocycles. The van der Waals surface area contributed by atoms with Crippen molar-refractivity contribution >= 4 is 46.4 Å². The molecule has 6 heteroatoms. The van der Waals surface area contributed by atoms with E-state index in [4.69, 9.17) is 12.2 Å². The topological polar surface area (TPSA) is 44.4 Å². The zero-order valence-electron chi connectivity index (χ0n) is 16.5. The quantitative estimate of drug-likeness (QED) is 0.384. The summed E-state index contributed by atoms with van der Waals surface area (Å²) in [6.07, 6.45) is 2.59. The number of thioether (sulfide) groups is 1. The van der Waals surface area contributed by atoms with Gasteiger partial charge in [-0.3, -0.25) is 4.79 Å². The molecule has 1 aliphatic rings. The Morgan fingerprint density at radius 2 is 1.96 bits per heavy atom. The van der Waals surface area contributed by atoms with Crippen molar-refractivity contribution in [3.8, 4) is 0 Å². The maximum atomic E-state index is 12.0. The highest BCUT2D eigenvalue weighted by molar-refractivity contribution is 7.99. The number of nitrogens with one attached hydrogen (secondary N) is 2. The highest BCUT2D eigenvalue weighted by atomic mass is 32.2. The van der Waals surface area contributed by atoms with Gasteiger partial charge < -0.3 is 15.5 Å². The number of anilines is 2. The summed E-state index contributed by atoms with van der Waals surface area (Å²) < 4.78 is 0. The molecule has 28 heavy (non-hydrogen) atoms. The molecular formula is C22H27N3OS2. The van der Waals surface area contributed by atoms with E-state index in [1.54, 1.807) is 0 Å². The van der Waals surface area contributed by atoms with Gasteiger partial charge in [0.15, 0.2) is 5.11 Å². The van der Waals surface area contributed by atoms with Gasteiger partial charge in [-0.1, -0.05) is 23.8 Å². The van der Waals surface area contributed by atoms with Gasteiger partial charge in [-0.2, -0.15) is 0 Å². The van der Waals surface area contributed by atoms with E-state index < -0.39 is 0 Å². The SMILES string of the molecule is Cc1ccc(SCCCNC(=S)Nc2ccc(C)c(N3CCCC3=O)c2)cc1. The average Bonchev–Trinajstić information content (AvgIpc) is 3.10. The number of carbonyl (C=O) groups is 1. The van der Waals surface area contributed by atoms with Gasteiger partial charge in [-0.05, 0) is 74.5 Å². The van der Waals surface area contributed by atoms with E-state index in [0.717, 1.165) is 48.6 Å². The van der Waals surface area contributed by atoms with Gasteiger partial charge >= 0.3 is 0 Å². The van der Waals surface area contributed by atoms with E-state index in [9.17, 15) is 4.79 Å². The van der Waals surface area contributed by atoms with Gasteiger partial charge in [0.2, 0.25) is 5.91 Å². The van der Waals surface area contributed by atoms with Crippen LogP contribution in [-0.2, 0) is 4.79 Å². The predicted molar refractivity (Wildman–Crippen MR) is 124 cm³/mol. The number of hydrogen-bond donors (Lipinski definition) is 2. The summed E-state index contributed by atoms with van der Waals surface area (Å²) in [6, 6.07) is 14.7. The Morgan fingerprint density at radius 1 is 1.18 bits per heavy atom. The maximum absolute atomic E-state index is 12.0. The number of rotatable bonds is 7. The van der Waals surface area contributed by atoms with E-state index in [1.165, 1.54) is 10.5 Å². The second-order valence-electron chi connectivity index (χ2n) is 7.05. The number of carbonyl (C=O) groups excluding carboxylic acids is 1. The molecule has 2 aromatic rings. The van der Waals surface area contributed by atoms with Crippen molar-refractivity contribution in [2.45, 2.75) is 38.0 Å². The molecule has 0 spiro atoms. The molecule has 0 atom stereocenters. The number of thiocarbonyl (C=S) groups is 1. The third-order valence-electron chi connectivity index (χ3n) is 4.73. The number of aryl methyl sites for hydroxylation is 2. The first-order valence-electron chi connectivity index (χ1n) is 9.68. The molecule has 0 unspecified atom stereocenters. The zero-order chi connectivity index (χ0) is 19.9. The predicted octanol–water partition coefficient (Wildman–Crippen LogP) is 4.90. The van der Waals surface area contributed by atoms with E-state index in [1.807, 2.05) is 41.8 Å². The van der Waals surface area contributed by atoms with Crippen LogP contribution in [0.15, 0.2) is 47.4 Å². The van der Waals surface area contributed by atoms with Gasteiger partial charge in [-0.25, -0.2) is 0 Å². The second kappa shape index (κ2) is 9.94. The number of hydrogen-bond acceptors (Lipinski definition) is 3. The minimum atomic E-state index is 0.201. The molecule has 0 bridgehead atoms. The molecule has 1 fully saturated rings. The molecule has 2 N–H and O–H groups in total. The van der Waals surface area contributed by atoms with Crippen LogP contribution in [0.3, 0.4) is 0 Å². The van der Waals surface area contributed by atoms with Crippen LogP contribution in [0.2, 0.25) is 0 Å². The van der Waals surface area contributed by atoms with Crippen molar-refractivity contribution in [2.75, 3.05) is 29.1 Å². The summed E-state index contributed by atoms with van der Waals surface area (Å²) in [7, 11) is 0. The fourth-order valence-corrected chi connectivity index (χ4v) is 4.23. The average molecular weight is 414 g/mol. The van der Waals surface area contributed by atoms with Crippen LogP contribution < -0.4 is 15.5 Å². The van der Waals surface area contributed by atoms with Crippen LogP contribution in [0.25, 0.3) is 0 Å². The molecule has 2 aromatic carbocycles. The first kappa shape index (κ1) is 20.7. The molecule has 3 rings (SSSR count). The van der Waals surface area contributed by atoms with E-state index >= 15 is 0 Å². The van der Waals surface area contributed by atoms with Crippen LogP contribution in [-0.4, -0.2) is 29.9 Å². The summed E-state index contributed by atoms with van der Waals surface area (Å²) >= 11 is 7.28. The standard InChI is InChI=1S/C22H27N3OS2/c1-16-6-10-19(11-7-16)28-14-4-12-23-22(27)24-18-9-8-17(2)20(15-18)25-13-3-5-21(25)26/h6-11,15H,3-5,12-14H2,1-2H3,(H2,23,24,27). The minimum Gasteiger partial charge on any atom is -0.362 e. The Hall–Kier alpha value is -2.05. The molecule has 0 radical (unpaired) electrons. The van der Waals surface area contributed by atoms with Crippen molar-refractivity contribution in [1.29, 1.82) is 0 Å². The monoisotopic (exact) mass is 413 g/mol. The van der Waals surface area contributed by atoms with Crippen molar-refractivity contribution in [1.82, 2.24) is 5.32 Å². The highest BCUT2D eigenvalue weighted by Crippen LogP contribution is 2.28. The Labute approximate surface area is 177 Å². The van der Waals surface area contributed by atoms with Gasteiger partial charge in [0.25, 0.3) is 0 Å². The molecule has 1 heterocycles. The molecule has 1 aliphatic heterocycles. The van der Waals surface area contributed by atoms with Crippen molar-refractivity contribution in [3.63, 3.8) is 0 Å². The number of nitrogens with zero attached hydrogens (tertiary/aromatic N) is 1. The number of amides is 1. The Bertz CT molecular complexity index is 836. The van der Waals surface area contributed by atoms with Gasteiger partial charge in [0.1, 0.15) is 0 Å². The second-order valence-corrected chi connectivity index (χ2v) is 8.62. The summed E-state index contributed by atoms with van der Waals surface area (Å²) in [6.45, 7) is 5.76. The lowest BCUT2D eigenvalue weighted by Crippen LogP contribution is -2.30. The molecule has 0 aliphatic carbocycles. The lowest BCUT2D eigenvalue weighted by molar-refractivity contribution is -0.117. The molecule has 0 aromatic heterocycles. The largest absolute Gasteiger partial charge is 0.362 e. The lowest BCUT2D eigenvalue weighted by Gasteiger charge is -2.20. The van der Waals surface area contributed by atoms with Crippen molar-refractivity contribution in [2.24, 2.45) is 0 Å². The van der Waals surface area contributed by atoms with Crippen LogP contribution in [0, 0.1) is 13.8 Å². The summed E-state index contributed by atoms with van der Waals surface area (Å²) in [4.78, 5) is 15.2. The normalized spacial score (nSPS) is 13.6. The Balaban J connectivity index is 1.43. The zero-order valence-corrected chi connectivity index (χ0v) is 18.1. The molecule has 4 nitrogen and oxygen atoms in total. The molecule has 148 valence electrons. The third-order valence-corrected chi connectivity index (χ3v) is 6.07. The third kappa shape index (κ3) is 5.72. The Morgan fingerprint density at radius 3 is 2.68 bits per heavy atom. The fourth-order valence-electron chi connectivity index (χ4n) is 3.15. The maximum Gasteiger partial charge on any atom is 0.227 e. The van der Waals surface area contributed by atoms with Gasteiger partial charge in [0, 0.05) is 35.8 Å². The first-order valence-corrected chi connectivity index (χ1v) is 11.1. The Kier molecular flexibility index (Phi) is 7.34. The van der Waals surface area contributed by atoms with Crippen LogP contribution >= 0.6 is 24.0 Å². The highest BCUT2D eigenvalue weighted by Gasteiger charge is 2.23. The van der Waals surface area contributed by atoms with Gasteiger partial charge in [0.05, 0.1) is 0 Å². The van der Waals surface area contributed by atoms with Crippen LogP contribution in [0.4, 0.5) is 11.4 Å². The fraction of sp³-hybridized carbons (Fsp3) is 0.364. The van der Waals surface area contributed by atoms with E-state index in [-0.39, 0.29) is 5.91 Å². The molecule has 1 saturated heterocycles. The minimum absolute atomic E-state index is 0.201. The summed E-state index contributed by atoms with van der Waals surface area (Å²) in [5.41, 5.74) is 4.28. The molecule has 1 amide bonds. The molecular weight excluding hydrogens is 386 g/mol. The van der Waals surface area contributed by atoms with Crippen molar-refractivity contribution in [3.05, 3.63) is 53.6 Å². The first-order chi connectivity index (χ1) is 13.5. The van der Waals surface area contributed by atoms with Crippen molar-refractivity contribution < 1.29 is 4.79 Å². The summed E-state index contributed by atoms with van der Waals surface area (Å²) in [5, 5.41) is 7.12. The number of benzene rings is 2. The van der Waals surface area contributed by atoms with E-state index in [0.29, 0.717) is 11.5 Å². The van der Waals surface area contributed by atoms with Gasteiger partial charge in [-0.15, -0.1) is 11.8 Å². The van der Waals surface area contributed by atoms with E-state index in [2.05, 4.69) is 41.8 Å².